The number of rotatable bonds is 5. The largest absolute Gasteiger partial charge is 0.497 e. The molecule has 2 aromatic carbocycles. The number of hydrazone groups is 1. The van der Waals surface area contributed by atoms with Gasteiger partial charge in [0.05, 0.1) is 29.6 Å². The van der Waals surface area contributed by atoms with Gasteiger partial charge in [-0.15, -0.1) is 0 Å². The average molecular weight is 396 g/mol. The van der Waals surface area contributed by atoms with Crippen LogP contribution in [0.5, 0.6) is 5.75 Å². The van der Waals surface area contributed by atoms with E-state index < -0.39 is 0 Å². The highest BCUT2D eigenvalue weighted by atomic mass is 16.5. The van der Waals surface area contributed by atoms with Crippen molar-refractivity contribution in [1.82, 2.24) is 15.4 Å². The number of ether oxygens (including phenoxy) is 1. The Morgan fingerprint density at radius 2 is 1.90 bits per heavy atom. The van der Waals surface area contributed by atoms with Crippen molar-refractivity contribution in [3.8, 4) is 17.0 Å². The molecule has 4 aromatic rings. The summed E-state index contributed by atoms with van der Waals surface area (Å²) in [6, 6.07) is 20.6. The molecule has 0 atom stereocenters. The predicted molar refractivity (Wildman–Crippen MR) is 118 cm³/mol. The Morgan fingerprint density at radius 1 is 1.03 bits per heavy atom. The number of para-hydroxylation sites is 1. The zero-order chi connectivity index (χ0) is 20.9. The molecule has 0 fully saturated rings. The molecule has 0 saturated carbocycles. The molecule has 0 spiro atoms. The summed E-state index contributed by atoms with van der Waals surface area (Å²) in [4.78, 5) is 21.8. The van der Waals surface area contributed by atoms with Gasteiger partial charge in [0.25, 0.3) is 5.91 Å². The van der Waals surface area contributed by atoms with Crippen LogP contribution in [0.1, 0.15) is 22.8 Å². The Balaban J connectivity index is 1.68. The molecule has 0 unspecified atom stereocenters. The number of fused-ring (bicyclic) bond motifs is 1. The topological polar surface area (TPSA) is 76.5 Å². The number of hydrogen-bond donors (Lipinski definition) is 1. The van der Waals surface area contributed by atoms with Gasteiger partial charge in [0.1, 0.15) is 5.75 Å². The van der Waals surface area contributed by atoms with Gasteiger partial charge in [-0.05, 0) is 43.3 Å². The first-order valence-corrected chi connectivity index (χ1v) is 9.45. The second kappa shape index (κ2) is 8.53. The van der Waals surface area contributed by atoms with Gasteiger partial charge in [0.15, 0.2) is 0 Å². The van der Waals surface area contributed by atoms with E-state index in [9.17, 15) is 4.79 Å². The first-order valence-electron chi connectivity index (χ1n) is 9.45. The molecule has 0 radical (unpaired) electrons. The summed E-state index contributed by atoms with van der Waals surface area (Å²) in [5.41, 5.74) is 6.97. The van der Waals surface area contributed by atoms with E-state index in [1.165, 1.54) is 0 Å². The van der Waals surface area contributed by atoms with E-state index in [4.69, 9.17) is 4.74 Å². The Hall–Kier alpha value is -4.06. The van der Waals surface area contributed by atoms with E-state index in [0.29, 0.717) is 17.0 Å². The van der Waals surface area contributed by atoms with Crippen LogP contribution < -0.4 is 10.2 Å². The van der Waals surface area contributed by atoms with Gasteiger partial charge in [-0.2, -0.15) is 5.10 Å². The van der Waals surface area contributed by atoms with Crippen molar-refractivity contribution in [3.63, 3.8) is 0 Å². The first-order chi connectivity index (χ1) is 14.7. The molecule has 0 aliphatic heterocycles. The molecule has 1 N–H and O–H groups in total. The molecule has 0 aliphatic rings. The summed E-state index contributed by atoms with van der Waals surface area (Å²) in [6.45, 7) is 1.83. The summed E-state index contributed by atoms with van der Waals surface area (Å²) in [5.74, 6) is 0.426. The third kappa shape index (κ3) is 4.03. The van der Waals surface area contributed by atoms with Gasteiger partial charge in [-0.1, -0.05) is 30.3 Å². The van der Waals surface area contributed by atoms with Crippen LogP contribution in [0.4, 0.5) is 0 Å². The van der Waals surface area contributed by atoms with Crippen molar-refractivity contribution in [2.45, 2.75) is 6.92 Å². The van der Waals surface area contributed by atoms with Crippen molar-refractivity contribution in [3.05, 3.63) is 90.3 Å². The van der Waals surface area contributed by atoms with Gasteiger partial charge in [0, 0.05) is 28.9 Å². The lowest BCUT2D eigenvalue weighted by molar-refractivity contribution is 0.0956. The molecule has 148 valence electrons. The standard InChI is InChI=1S/C24H20N4O2/c1-16(17-7-5-9-19(13-17)30-2)27-28-24(29)21-14-23(18-8-6-12-25-15-18)26-22-11-4-3-10-20(21)22/h3-15H,1-2H3,(H,28,29). The smallest absolute Gasteiger partial charge is 0.272 e. The van der Waals surface area contributed by atoms with Crippen molar-refractivity contribution < 1.29 is 9.53 Å². The maximum atomic E-state index is 13.0. The van der Waals surface area contributed by atoms with Gasteiger partial charge < -0.3 is 4.74 Å². The number of methoxy groups -OCH3 is 1. The highest BCUT2D eigenvalue weighted by Crippen LogP contribution is 2.24. The number of benzene rings is 2. The predicted octanol–water partition coefficient (Wildman–Crippen LogP) is 4.46. The van der Waals surface area contributed by atoms with Crippen LogP contribution in [0.15, 0.2) is 84.2 Å². The monoisotopic (exact) mass is 396 g/mol. The summed E-state index contributed by atoms with van der Waals surface area (Å²) >= 11 is 0. The normalized spacial score (nSPS) is 11.3. The van der Waals surface area contributed by atoms with Crippen LogP contribution in [0.3, 0.4) is 0 Å². The number of carbonyl (C=O) groups is 1. The Morgan fingerprint density at radius 3 is 2.70 bits per heavy atom. The summed E-state index contributed by atoms with van der Waals surface area (Å²) in [6.07, 6.45) is 3.43. The van der Waals surface area contributed by atoms with Crippen LogP contribution in [0.2, 0.25) is 0 Å². The van der Waals surface area contributed by atoms with E-state index in [1.807, 2.05) is 67.6 Å². The molecular formula is C24H20N4O2. The molecule has 4 rings (SSSR count). The molecule has 30 heavy (non-hydrogen) atoms. The van der Waals surface area contributed by atoms with E-state index in [0.717, 1.165) is 27.8 Å². The van der Waals surface area contributed by atoms with Gasteiger partial charge in [-0.3, -0.25) is 9.78 Å². The Kier molecular flexibility index (Phi) is 5.48. The van der Waals surface area contributed by atoms with E-state index >= 15 is 0 Å². The van der Waals surface area contributed by atoms with E-state index in [2.05, 4.69) is 20.5 Å². The maximum Gasteiger partial charge on any atom is 0.272 e. The Labute approximate surface area is 174 Å². The summed E-state index contributed by atoms with van der Waals surface area (Å²) < 4.78 is 5.25. The molecule has 0 bridgehead atoms. The van der Waals surface area contributed by atoms with E-state index in [1.54, 1.807) is 25.6 Å². The second-order valence-corrected chi connectivity index (χ2v) is 6.68. The highest BCUT2D eigenvalue weighted by molar-refractivity contribution is 6.08. The Bertz CT molecular complexity index is 1240. The van der Waals surface area contributed by atoms with Crippen molar-refractivity contribution >= 4 is 22.5 Å². The summed E-state index contributed by atoms with van der Waals surface area (Å²) in [7, 11) is 1.61. The minimum absolute atomic E-state index is 0.305. The fourth-order valence-electron chi connectivity index (χ4n) is 3.13. The minimum atomic E-state index is -0.305. The average Bonchev–Trinajstić information content (AvgIpc) is 2.82. The van der Waals surface area contributed by atoms with Crippen LogP contribution in [-0.4, -0.2) is 28.7 Å². The molecule has 0 aliphatic carbocycles. The van der Waals surface area contributed by atoms with Crippen LogP contribution in [0, 0.1) is 0 Å². The van der Waals surface area contributed by atoms with Crippen molar-refractivity contribution in [2.24, 2.45) is 5.10 Å². The molecule has 0 saturated heterocycles. The number of aromatic nitrogens is 2. The molecule has 2 aromatic heterocycles. The highest BCUT2D eigenvalue weighted by Gasteiger charge is 2.14. The lowest BCUT2D eigenvalue weighted by Crippen LogP contribution is -2.20. The molecule has 6 heteroatoms. The number of pyridine rings is 2. The van der Waals surface area contributed by atoms with Crippen LogP contribution >= 0.6 is 0 Å². The van der Waals surface area contributed by atoms with Crippen LogP contribution in [-0.2, 0) is 0 Å². The fourth-order valence-corrected chi connectivity index (χ4v) is 3.13. The van der Waals surface area contributed by atoms with Crippen LogP contribution in [0.25, 0.3) is 22.2 Å². The number of nitrogens with one attached hydrogen (secondary N) is 1. The minimum Gasteiger partial charge on any atom is -0.497 e. The number of hydrogen-bond acceptors (Lipinski definition) is 5. The second-order valence-electron chi connectivity index (χ2n) is 6.68. The quantitative estimate of drug-likeness (QED) is 0.399. The number of amides is 1. The lowest BCUT2D eigenvalue weighted by Gasteiger charge is -2.09. The van der Waals surface area contributed by atoms with Crippen molar-refractivity contribution in [2.75, 3.05) is 7.11 Å². The SMILES string of the molecule is COc1cccc(C(C)=NNC(=O)c2cc(-c3cccnc3)nc3ccccc23)c1. The van der Waals surface area contributed by atoms with E-state index in [-0.39, 0.29) is 5.91 Å². The third-order valence-corrected chi connectivity index (χ3v) is 4.73. The van der Waals surface area contributed by atoms with Gasteiger partial charge >= 0.3 is 0 Å². The van der Waals surface area contributed by atoms with Gasteiger partial charge in [-0.25, -0.2) is 10.4 Å². The molecular weight excluding hydrogens is 376 g/mol. The number of nitrogens with zero attached hydrogens (tertiary/aromatic N) is 3. The van der Waals surface area contributed by atoms with Crippen molar-refractivity contribution in [1.29, 1.82) is 0 Å². The third-order valence-electron chi connectivity index (χ3n) is 4.73. The number of carbonyl (C=O) groups excluding carboxylic acids is 1. The molecule has 6 nitrogen and oxygen atoms in total. The zero-order valence-electron chi connectivity index (χ0n) is 16.7. The maximum absolute atomic E-state index is 13.0. The first kappa shape index (κ1) is 19.3. The molecule has 1 amide bonds. The zero-order valence-corrected chi connectivity index (χ0v) is 16.7. The van der Waals surface area contributed by atoms with Gasteiger partial charge in [0.2, 0.25) is 0 Å². The fraction of sp³-hybridized carbons (Fsp3) is 0.0833. The lowest BCUT2D eigenvalue weighted by atomic mass is 10.0. The summed E-state index contributed by atoms with van der Waals surface area (Å²) in [5, 5.41) is 5.05. The molecule has 2 heterocycles.